The van der Waals surface area contributed by atoms with E-state index < -0.39 is 0 Å². The smallest absolute Gasteiger partial charge is 0.255 e. The maximum absolute atomic E-state index is 12.2. The molecule has 0 unspecified atom stereocenters. The van der Waals surface area contributed by atoms with E-state index in [9.17, 15) is 9.59 Å². The lowest BCUT2D eigenvalue weighted by molar-refractivity contribution is -0.129. The van der Waals surface area contributed by atoms with E-state index in [4.69, 9.17) is 23.2 Å². The van der Waals surface area contributed by atoms with Crippen molar-refractivity contribution >= 4 is 45.8 Å². The van der Waals surface area contributed by atoms with Crippen molar-refractivity contribution in [1.29, 1.82) is 0 Å². The first-order chi connectivity index (χ1) is 13.4. The Balaban J connectivity index is 1.76. The van der Waals surface area contributed by atoms with Crippen molar-refractivity contribution in [2.45, 2.75) is 6.92 Å². The van der Waals surface area contributed by atoms with Crippen LogP contribution in [0.1, 0.15) is 6.92 Å². The first-order valence-corrected chi connectivity index (χ1v) is 9.53. The van der Waals surface area contributed by atoms with Gasteiger partial charge in [-0.2, -0.15) is 0 Å². The molecule has 0 aliphatic carbocycles. The van der Waals surface area contributed by atoms with Crippen LogP contribution >= 0.6 is 23.2 Å². The van der Waals surface area contributed by atoms with Crippen LogP contribution in [0.5, 0.6) is 0 Å². The van der Waals surface area contributed by atoms with Crippen molar-refractivity contribution in [3.63, 3.8) is 0 Å². The van der Waals surface area contributed by atoms with Crippen LogP contribution in [0.2, 0.25) is 10.0 Å². The summed E-state index contributed by atoms with van der Waals surface area (Å²) >= 11 is 12.5. The highest BCUT2D eigenvalue weighted by atomic mass is 35.5. The van der Waals surface area contributed by atoms with E-state index in [-0.39, 0.29) is 11.5 Å². The number of nitrogens with zero attached hydrogens (tertiary/aromatic N) is 5. The molecule has 7 nitrogen and oxygen atoms in total. The molecule has 4 rings (SSSR count). The van der Waals surface area contributed by atoms with Gasteiger partial charge in [-0.25, -0.2) is 9.97 Å². The van der Waals surface area contributed by atoms with E-state index in [0.717, 1.165) is 11.2 Å². The Morgan fingerprint density at radius 2 is 1.82 bits per heavy atom. The minimum atomic E-state index is -0.236. The van der Waals surface area contributed by atoms with E-state index in [1.54, 1.807) is 19.1 Å². The number of carbonyl (C=O) groups is 1. The average Bonchev–Trinajstić information content (AvgIpc) is 2.69. The number of benzene rings is 1. The number of aromatic nitrogens is 3. The molecule has 1 aliphatic heterocycles. The van der Waals surface area contributed by atoms with Crippen LogP contribution < -0.4 is 10.5 Å². The maximum atomic E-state index is 12.2. The van der Waals surface area contributed by atoms with Gasteiger partial charge < -0.3 is 9.80 Å². The van der Waals surface area contributed by atoms with Crippen molar-refractivity contribution in [3.05, 3.63) is 57.2 Å². The first kappa shape index (κ1) is 18.7. The lowest BCUT2D eigenvalue weighted by atomic mass is 10.2. The number of fused-ring (bicyclic) bond motifs is 1. The number of hydrogen-bond acceptors (Lipinski definition) is 5. The van der Waals surface area contributed by atoms with Crippen LogP contribution in [0.3, 0.4) is 0 Å². The van der Waals surface area contributed by atoms with Crippen molar-refractivity contribution in [3.8, 4) is 5.69 Å². The fraction of sp³-hybridized carbons (Fsp3) is 0.263. The van der Waals surface area contributed by atoms with Gasteiger partial charge in [0.15, 0.2) is 0 Å². The van der Waals surface area contributed by atoms with Gasteiger partial charge in [0.05, 0.1) is 21.2 Å². The van der Waals surface area contributed by atoms with Gasteiger partial charge in [-0.05, 0) is 18.2 Å². The van der Waals surface area contributed by atoms with E-state index in [1.165, 1.54) is 29.2 Å². The SMILES string of the molecule is CC(=O)N1CCN(c2ncnc3cc(-n4cc(Cl)ccc4=O)c(Cl)cc23)CC1. The molecule has 9 heteroatoms. The molecule has 1 amide bonds. The van der Waals surface area contributed by atoms with Crippen LogP contribution in [0, 0.1) is 0 Å². The maximum Gasteiger partial charge on any atom is 0.255 e. The molecule has 1 saturated heterocycles. The molecular formula is C19H17Cl2N5O2. The molecule has 1 aromatic carbocycles. The summed E-state index contributed by atoms with van der Waals surface area (Å²) in [5.41, 5.74) is 0.943. The highest BCUT2D eigenvalue weighted by molar-refractivity contribution is 6.33. The molecule has 3 heterocycles. The molecule has 1 fully saturated rings. The molecular weight excluding hydrogens is 401 g/mol. The fourth-order valence-corrected chi connectivity index (χ4v) is 3.79. The zero-order valence-corrected chi connectivity index (χ0v) is 16.6. The van der Waals surface area contributed by atoms with Gasteiger partial charge in [0.1, 0.15) is 12.1 Å². The van der Waals surface area contributed by atoms with Gasteiger partial charge >= 0.3 is 0 Å². The predicted molar refractivity (Wildman–Crippen MR) is 110 cm³/mol. The number of anilines is 1. The summed E-state index contributed by atoms with van der Waals surface area (Å²) in [5, 5.41) is 1.63. The first-order valence-electron chi connectivity index (χ1n) is 8.77. The number of pyridine rings is 1. The van der Waals surface area contributed by atoms with Gasteiger partial charge in [0, 0.05) is 50.8 Å². The average molecular weight is 418 g/mol. The predicted octanol–water partition coefficient (Wildman–Crippen LogP) is 2.76. The third-order valence-corrected chi connectivity index (χ3v) is 5.37. The molecule has 2 aromatic heterocycles. The zero-order valence-electron chi connectivity index (χ0n) is 15.1. The Bertz CT molecular complexity index is 1120. The van der Waals surface area contributed by atoms with Gasteiger partial charge in [-0.15, -0.1) is 0 Å². The van der Waals surface area contributed by atoms with E-state index in [0.29, 0.717) is 47.4 Å². The van der Waals surface area contributed by atoms with Crippen LogP contribution in [-0.2, 0) is 4.79 Å². The zero-order chi connectivity index (χ0) is 19.8. The highest BCUT2D eigenvalue weighted by Crippen LogP contribution is 2.31. The van der Waals surface area contributed by atoms with Crippen LogP contribution in [0.15, 0.2) is 41.6 Å². The number of halogens is 2. The van der Waals surface area contributed by atoms with Gasteiger partial charge in [-0.3, -0.25) is 14.2 Å². The topological polar surface area (TPSA) is 71.3 Å². The molecule has 144 valence electrons. The summed E-state index contributed by atoms with van der Waals surface area (Å²) in [6.45, 7) is 4.22. The van der Waals surface area contributed by atoms with E-state index in [2.05, 4.69) is 14.9 Å². The molecule has 0 saturated carbocycles. The third-order valence-electron chi connectivity index (χ3n) is 4.84. The molecule has 0 N–H and O–H groups in total. The molecule has 28 heavy (non-hydrogen) atoms. The third kappa shape index (κ3) is 3.43. The quantitative estimate of drug-likeness (QED) is 0.640. The second-order valence-electron chi connectivity index (χ2n) is 6.57. The normalized spacial score (nSPS) is 14.5. The monoisotopic (exact) mass is 417 g/mol. The van der Waals surface area contributed by atoms with Crippen LogP contribution in [-0.4, -0.2) is 51.5 Å². The Morgan fingerprint density at radius 1 is 1.07 bits per heavy atom. The van der Waals surface area contributed by atoms with Crippen molar-refractivity contribution in [1.82, 2.24) is 19.4 Å². The molecule has 0 spiro atoms. The van der Waals surface area contributed by atoms with E-state index in [1.807, 2.05) is 4.90 Å². The van der Waals surface area contributed by atoms with Crippen LogP contribution in [0.25, 0.3) is 16.6 Å². The van der Waals surface area contributed by atoms with Crippen molar-refractivity contribution in [2.75, 3.05) is 31.1 Å². The van der Waals surface area contributed by atoms with Crippen molar-refractivity contribution in [2.24, 2.45) is 0 Å². The lowest BCUT2D eigenvalue weighted by Gasteiger charge is -2.35. The van der Waals surface area contributed by atoms with E-state index >= 15 is 0 Å². The number of carbonyl (C=O) groups excluding carboxylic acids is 1. The Morgan fingerprint density at radius 3 is 2.54 bits per heavy atom. The number of piperazine rings is 1. The largest absolute Gasteiger partial charge is 0.352 e. The molecule has 0 radical (unpaired) electrons. The van der Waals surface area contributed by atoms with Gasteiger partial charge in [0.25, 0.3) is 5.56 Å². The Hall–Kier alpha value is -2.64. The number of amides is 1. The minimum Gasteiger partial charge on any atom is -0.352 e. The summed E-state index contributed by atoms with van der Waals surface area (Å²) in [6.07, 6.45) is 3.02. The van der Waals surface area contributed by atoms with Gasteiger partial charge in [-0.1, -0.05) is 23.2 Å². The van der Waals surface area contributed by atoms with Gasteiger partial charge in [0.2, 0.25) is 5.91 Å². The summed E-state index contributed by atoms with van der Waals surface area (Å²) in [4.78, 5) is 36.5. The standard InChI is InChI=1S/C19H17Cl2N5O2/c1-12(27)24-4-6-25(7-5-24)19-14-8-15(21)17(9-16(14)22-11-23-19)26-10-13(20)2-3-18(26)28/h2-3,8-11H,4-7H2,1H3. The Kier molecular flexibility index (Phi) is 4.95. The fourth-order valence-electron chi connectivity index (χ4n) is 3.37. The Labute approximate surface area is 171 Å². The summed E-state index contributed by atoms with van der Waals surface area (Å²) < 4.78 is 1.40. The molecule has 1 aliphatic rings. The lowest BCUT2D eigenvalue weighted by Crippen LogP contribution is -2.48. The highest BCUT2D eigenvalue weighted by Gasteiger charge is 2.22. The molecule has 0 bridgehead atoms. The minimum absolute atomic E-state index is 0.0758. The molecule has 0 atom stereocenters. The number of rotatable bonds is 2. The summed E-state index contributed by atoms with van der Waals surface area (Å²) in [5.74, 6) is 0.840. The summed E-state index contributed by atoms with van der Waals surface area (Å²) in [6, 6.07) is 6.46. The number of hydrogen-bond donors (Lipinski definition) is 0. The molecule has 3 aromatic rings. The second kappa shape index (κ2) is 7.41. The van der Waals surface area contributed by atoms with Crippen molar-refractivity contribution < 1.29 is 4.79 Å². The summed E-state index contributed by atoms with van der Waals surface area (Å²) in [7, 11) is 0. The van der Waals surface area contributed by atoms with Crippen LogP contribution in [0.4, 0.5) is 5.82 Å². The second-order valence-corrected chi connectivity index (χ2v) is 7.41.